The first-order valence-electron chi connectivity index (χ1n) is 44.1. The molecule has 2 aliphatic heterocycles. The summed E-state index contributed by atoms with van der Waals surface area (Å²) in [6.07, 6.45) is -1.48. The van der Waals surface area contributed by atoms with Gasteiger partial charge in [-0.3, -0.25) is 47.9 Å². The van der Waals surface area contributed by atoms with E-state index in [1.54, 1.807) is 148 Å². The van der Waals surface area contributed by atoms with Crippen LogP contribution in [0.15, 0.2) is 328 Å². The molecule has 23 nitrogen and oxygen atoms in total. The highest BCUT2D eigenvalue weighted by atomic mass is 35.6. The summed E-state index contributed by atoms with van der Waals surface area (Å²) in [4.78, 5) is 144. The fourth-order valence-electron chi connectivity index (χ4n) is 14.9. The van der Waals surface area contributed by atoms with E-state index in [-0.39, 0.29) is 152 Å². The van der Waals surface area contributed by atoms with E-state index in [0.29, 0.717) is 45.1 Å². The Kier molecular flexibility index (Phi) is 37.0. The number of phenolic OH excluding ortho intramolecular Hbond substituents is 4. The lowest BCUT2D eigenvalue weighted by Crippen LogP contribution is -2.30. The van der Waals surface area contributed by atoms with Crippen molar-refractivity contribution in [1.82, 2.24) is 0 Å². The molecule has 0 aromatic heterocycles. The van der Waals surface area contributed by atoms with E-state index >= 15 is 0 Å². The van der Waals surface area contributed by atoms with Crippen LogP contribution < -0.4 is 28.7 Å². The smallest absolute Gasteiger partial charge is 0.508 e. The number of hydrogen-bond donors (Lipinski definition) is 4. The molecule has 2 aliphatic rings. The second kappa shape index (κ2) is 49.1. The van der Waals surface area contributed by atoms with Gasteiger partial charge < -0.3 is 48.8 Å². The second-order valence-corrected chi connectivity index (χ2v) is 37.9. The Hall–Kier alpha value is -16.1. The molecule has 0 saturated carbocycles. The molecule has 0 aliphatic carbocycles. The van der Waals surface area contributed by atoms with Gasteiger partial charge in [0, 0.05) is 94.9 Å². The van der Waals surface area contributed by atoms with Crippen molar-refractivity contribution in [1.29, 1.82) is 0 Å². The van der Waals surface area contributed by atoms with Crippen LogP contribution in [-0.2, 0) is 55.6 Å². The zero-order valence-corrected chi connectivity index (χ0v) is 82.9. The third kappa shape index (κ3) is 30.5. The van der Waals surface area contributed by atoms with Gasteiger partial charge in [-0.25, -0.2) is 14.6 Å². The number of esters is 2. The minimum Gasteiger partial charge on any atom is -0.508 e. The predicted octanol–water partition coefficient (Wildman–Crippen LogP) is 24.6. The lowest BCUT2D eigenvalue weighted by atomic mass is 9.78. The molecule has 0 bridgehead atoms. The lowest BCUT2D eigenvalue weighted by Gasteiger charge is -2.26. The van der Waals surface area contributed by atoms with Crippen LogP contribution in [0.3, 0.4) is 0 Å². The number of benzene rings is 14. The number of ether oxygens (including phenoxy) is 6. The first kappa shape index (κ1) is 109. The standard InChI is InChI=1S/C41H29NO7.C38H25NO6.C18H20O3.C15H16O2.C3Cl6O3.CH4/c1-26(43)49-35-17-12-30(13-18-35)22-39(45)32-23-31(38(44)21-29-10-15-34(48-2)16-11-29)24-33(25-32)42-40(46)36-19-14-28(20-37(36)41(42)47)9-8-27-6-4-3-5-7-27;40-31-13-8-26(9-14-31)19-35(42)28-21-29(36(43)20-27-10-15-32(41)16-11-27)23-30(22-28)39-37(44)33-17-12-25(18-34(33)38(39)45)7-6-24-4-2-1-3-5-24;1-13(19)21-17-11-7-15(8-12-17)18(2,3)14-5-9-16(20-4)10-6-14;1-15(2,11-3-7-13(16)8-4-11)12-5-9-14(17)10-6-12;4-2(5,6)11-1(10)12-3(7,8)9;/h3-7,10-20,23-25H,21-22H2,1-2H3;1-5,8-18,21-23,40-41H,19-20H2;5-12H,1-4H3;3-10,16-17H,1-2H3;;1H4. The summed E-state index contributed by atoms with van der Waals surface area (Å²) in [5, 5.41) is 37.8. The molecule has 0 unspecified atom stereocenters. The number of nitrogens with zero attached hydrogens (tertiary/aromatic N) is 2. The molecular weight excluding hydrogens is 1970 g/mol. The van der Waals surface area contributed by atoms with Gasteiger partial charge in [0.05, 0.1) is 47.8 Å². The number of imide groups is 2. The van der Waals surface area contributed by atoms with Crippen molar-refractivity contribution in [2.75, 3.05) is 24.0 Å². The number of carbonyl (C=O) groups excluding carboxylic acids is 11. The monoisotopic (exact) mass is 2060 g/mol. The zero-order valence-electron chi connectivity index (χ0n) is 78.4. The molecule has 736 valence electrons. The van der Waals surface area contributed by atoms with Crippen LogP contribution in [0, 0.1) is 23.7 Å². The van der Waals surface area contributed by atoms with E-state index < -0.39 is 43.7 Å². The third-order valence-corrected chi connectivity index (χ3v) is 23.0. The minimum atomic E-state index is -2.24. The molecule has 0 spiro atoms. The molecule has 14 aromatic rings. The number of methoxy groups -OCH3 is 2. The fraction of sp³-hybridized carbons (Fsp3) is 0.147. The summed E-state index contributed by atoms with van der Waals surface area (Å²) in [5.41, 5.74) is 11.3. The van der Waals surface area contributed by atoms with Gasteiger partial charge in [-0.2, -0.15) is 0 Å². The Morgan fingerprint density at radius 2 is 0.538 bits per heavy atom. The average molecular weight is 2060 g/mol. The molecule has 4 amide bonds. The number of anilines is 2. The number of alkyl halides is 6. The Bertz CT molecular complexity index is 7110. The maximum absolute atomic E-state index is 13.8. The van der Waals surface area contributed by atoms with Crippen LogP contribution in [-0.4, -0.2) is 107 Å². The maximum Gasteiger partial charge on any atom is 0.515 e. The largest absolute Gasteiger partial charge is 0.515 e. The van der Waals surface area contributed by atoms with Crippen LogP contribution in [0.4, 0.5) is 16.2 Å². The number of rotatable bonds is 22. The molecule has 0 radical (unpaired) electrons. The molecule has 14 aromatic carbocycles. The molecule has 145 heavy (non-hydrogen) atoms. The number of fused-ring (bicyclic) bond motifs is 2. The van der Waals surface area contributed by atoms with Gasteiger partial charge in [-0.15, -0.1) is 0 Å². The minimum absolute atomic E-state index is 0. The van der Waals surface area contributed by atoms with Gasteiger partial charge in [0.25, 0.3) is 23.6 Å². The molecule has 0 saturated heterocycles. The Balaban J connectivity index is 0.000000189. The average Bonchev–Trinajstić information content (AvgIpc) is 1.61. The topological polar surface area (TPSA) is 331 Å². The number of carbonyl (C=O) groups is 11. The second-order valence-electron chi connectivity index (χ2n) is 33.5. The van der Waals surface area contributed by atoms with Crippen molar-refractivity contribution in [3.05, 3.63) is 439 Å². The number of hydrogen-bond acceptors (Lipinski definition) is 21. The van der Waals surface area contributed by atoms with Crippen molar-refractivity contribution < 1.29 is 102 Å². The van der Waals surface area contributed by atoms with Crippen LogP contribution >= 0.6 is 69.6 Å². The zero-order chi connectivity index (χ0) is 104. The SMILES string of the molecule is C.CC(C)(c1ccc(O)cc1)c1ccc(O)cc1.COc1ccc(C(C)(C)c2ccc(OC(C)=O)cc2)cc1.COc1ccc(CC(=O)c2cc(C(=O)Cc3ccc(OC(C)=O)cc3)cc(N3C(=O)c4ccc(C#Cc5ccccc5)cc4C3=O)c2)cc1.O=C(Cc1ccc(O)cc1)c1cc(C(=O)Cc2ccc(O)cc2)cc(N2C(=O)c3ccc(C#Cc4ccccc4)cc3C2=O)c1.O=C(OC(Cl)(Cl)Cl)OC(Cl)(Cl)Cl. The normalized spacial score (nSPS) is 11.7. The Morgan fingerprint density at radius 1 is 0.297 bits per heavy atom. The first-order valence-corrected chi connectivity index (χ1v) is 46.4. The number of Topliss-reactive ketones (excluding diaryl/α,β-unsaturated/α-hetero) is 4. The predicted molar refractivity (Wildman–Crippen MR) is 558 cm³/mol. The van der Waals surface area contributed by atoms with Crippen LogP contribution in [0.25, 0.3) is 0 Å². The molecule has 0 atom stereocenters. The van der Waals surface area contributed by atoms with Gasteiger partial charge in [0.15, 0.2) is 23.1 Å². The molecule has 2 heterocycles. The van der Waals surface area contributed by atoms with E-state index in [4.69, 9.17) is 88.6 Å². The van der Waals surface area contributed by atoms with E-state index in [2.05, 4.69) is 73.0 Å². The van der Waals surface area contributed by atoms with Crippen molar-refractivity contribution in [3.8, 4) is 69.7 Å². The van der Waals surface area contributed by atoms with Gasteiger partial charge >= 0.3 is 26.1 Å². The summed E-state index contributed by atoms with van der Waals surface area (Å²) < 4.78 is 24.0. The summed E-state index contributed by atoms with van der Waals surface area (Å²) in [6, 6.07) is 93.2. The van der Waals surface area contributed by atoms with Gasteiger partial charge in [-0.1, -0.05) is 192 Å². The van der Waals surface area contributed by atoms with Crippen LogP contribution in [0.1, 0.15) is 199 Å². The lowest BCUT2D eigenvalue weighted by molar-refractivity contribution is -0.132. The number of aromatic hydroxyl groups is 4. The van der Waals surface area contributed by atoms with Crippen molar-refractivity contribution in [2.45, 2.75) is 93.4 Å². The van der Waals surface area contributed by atoms with E-state index in [0.717, 1.165) is 48.9 Å². The summed E-state index contributed by atoms with van der Waals surface area (Å²) in [6.45, 7) is 11.3. The molecule has 0 fully saturated rings. The number of amides is 4. The maximum atomic E-state index is 13.8. The summed E-state index contributed by atoms with van der Waals surface area (Å²) >= 11 is 30.2. The highest BCUT2D eigenvalue weighted by Crippen LogP contribution is 2.40. The van der Waals surface area contributed by atoms with Gasteiger partial charge in [0.2, 0.25) is 0 Å². The Morgan fingerprint density at radius 3 is 0.814 bits per heavy atom. The van der Waals surface area contributed by atoms with E-state index in [9.17, 15) is 73.2 Å². The molecule has 29 heteroatoms. The van der Waals surface area contributed by atoms with Crippen molar-refractivity contribution in [3.63, 3.8) is 0 Å². The van der Waals surface area contributed by atoms with E-state index in [1.807, 2.05) is 121 Å². The molecule has 16 rings (SSSR count). The number of ketones is 4. The van der Waals surface area contributed by atoms with Crippen LogP contribution in [0.2, 0.25) is 0 Å². The van der Waals surface area contributed by atoms with E-state index in [1.165, 1.54) is 80.1 Å². The van der Waals surface area contributed by atoms with Crippen molar-refractivity contribution in [2.24, 2.45) is 0 Å². The number of phenols is 4. The summed E-state index contributed by atoms with van der Waals surface area (Å²) in [5.74, 6) is 10.9. The third-order valence-electron chi connectivity index (χ3n) is 22.6. The highest BCUT2D eigenvalue weighted by Gasteiger charge is 2.40. The Labute approximate surface area is 867 Å². The quantitative estimate of drug-likeness (QED) is 0.0122. The first-order chi connectivity index (χ1) is 68.5. The van der Waals surface area contributed by atoms with Crippen molar-refractivity contribution >= 4 is 146 Å². The van der Waals surface area contributed by atoms with Gasteiger partial charge in [-0.05, 0) is 308 Å². The number of halogens is 6. The fourth-order valence-corrected chi connectivity index (χ4v) is 15.3. The van der Waals surface area contributed by atoms with Crippen LogP contribution in [0.5, 0.6) is 46.0 Å². The summed E-state index contributed by atoms with van der Waals surface area (Å²) in [7, 11) is 3.21. The molecular formula is C116H94Cl6N2O21. The highest BCUT2D eigenvalue weighted by molar-refractivity contribution is 6.67. The molecule has 4 N–H and O–H groups in total. The van der Waals surface area contributed by atoms with Gasteiger partial charge in [0.1, 0.15) is 46.0 Å².